The van der Waals surface area contributed by atoms with E-state index in [1.54, 1.807) is 48.5 Å². The van der Waals surface area contributed by atoms with Gasteiger partial charge in [0.25, 0.3) is 5.91 Å². The topological polar surface area (TPSA) is 134 Å². The third kappa shape index (κ3) is 7.12. The second-order valence-corrected chi connectivity index (χ2v) is 10.8. The van der Waals surface area contributed by atoms with Crippen molar-refractivity contribution in [1.29, 1.82) is 0 Å². The Labute approximate surface area is 256 Å². The summed E-state index contributed by atoms with van der Waals surface area (Å²) in [5.41, 5.74) is 2.21. The predicted molar refractivity (Wildman–Crippen MR) is 160 cm³/mol. The number of benzene rings is 2. The van der Waals surface area contributed by atoms with Gasteiger partial charge in [-0.25, -0.2) is 19.4 Å². The Hall–Kier alpha value is -4.83. The van der Waals surface area contributed by atoms with Gasteiger partial charge < -0.3 is 30.1 Å². The van der Waals surface area contributed by atoms with Crippen LogP contribution in [0.3, 0.4) is 0 Å². The van der Waals surface area contributed by atoms with Crippen LogP contribution in [-0.2, 0) is 11.3 Å². The van der Waals surface area contributed by atoms with Crippen LogP contribution in [0.4, 0.5) is 35.2 Å². The van der Waals surface area contributed by atoms with Crippen molar-refractivity contribution in [2.75, 3.05) is 75.1 Å². The molecule has 0 aliphatic carbocycles. The number of likely N-dealkylation sites (N-methyl/N-ethyl adjacent to an activating group) is 1. The Bertz CT molecular complexity index is 1660. The van der Waals surface area contributed by atoms with Crippen molar-refractivity contribution >= 4 is 40.3 Å². The summed E-state index contributed by atoms with van der Waals surface area (Å²) in [5, 5.41) is 13.1. The lowest BCUT2D eigenvalue weighted by molar-refractivity contribution is -0.142. The minimum Gasteiger partial charge on any atom is -0.378 e. The molecule has 2 aromatic carbocycles. The second-order valence-electron chi connectivity index (χ2n) is 10.8. The highest BCUT2D eigenvalue weighted by Gasteiger charge is 2.31. The van der Waals surface area contributed by atoms with Gasteiger partial charge in [0.15, 0.2) is 22.8 Å². The number of carbonyl (C=O) groups is 2. The van der Waals surface area contributed by atoms with Crippen molar-refractivity contribution in [3.63, 3.8) is 0 Å². The summed E-state index contributed by atoms with van der Waals surface area (Å²) >= 11 is 0. The number of hydrogen-bond acceptors (Lipinski definition) is 9. The maximum absolute atomic E-state index is 13.2. The van der Waals surface area contributed by atoms with Gasteiger partial charge in [0.05, 0.1) is 13.2 Å². The standard InChI is InChI=1S/C29H31F3N10O3/c1-39-10-12-41(13-11-39)27(43)20-4-8-22(9-5-20)34-28(44)33-21-6-2-19(3-7-21)24-35-25(40-14-16-45-17-15-40)23-26(36-24)42(38-37-23)18-29(30,31)32/h2-9H,10-18H2,1H3,(H2,33,34,44). The molecule has 2 fully saturated rings. The zero-order chi connectivity index (χ0) is 31.6. The Morgan fingerprint density at radius 1 is 0.867 bits per heavy atom. The minimum atomic E-state index is -4.51. The van der Waals surface area contributed by atoms with Crippen LogP contribution in [0.15, 0.2) is 48.5 Å². The molecular weight excluding hydrogens is 593 g/mol. The zero-order valence-electron chi connectivity index (χ0n) is 24.4. The minimum absolute atomic E-state index is 0.0309. The SMILES string of the molecule is CN1CCN(C(=O)c2ccc(NC(=O)Nc3ccc(-c4nc(N5CCOCC5)c5nnn(CC(F)(F)F)c5n4)cc3)cc2)CC1. The Morgan fingerprint density at radius 2 is 1.49 bits per heavy atom. The maximum Gasteiger partial charge on any atom is 0.408 e. The van der Waals surface area contributed by atoms with E-state index in [0.717, 1.165) is 17.8 Å². The summed E-state index contributed by atoms with van der Waals surface area (Å²) in [6.07, 6.45) is -4.51. The maximum atomic E-state index is 13.2. The van der Waals surface area contributed by atoms with E-state index in [1.165, 1.54) is 0 Å². The highest BCUT2D eigenvalue weighted by molar-refractivity contribution is 6.00. The predicted octanol–water partition coefficient (Wildman–Crippen LogP) is 3.32. The lowest BCUT2D eigenvalue weighted by Gasteiger charge is -2.32. The molecule has 2 saturated heterocycles. The lowest BCUT2D eigenvalue weighted by atomic mass is 10.1. The first-order valence-electron chi connectivity index (χ1n) is 14.4. The van der Waals surface area contributed by atoms with E-state index in [1.807, 2.05) is 16.8 Å². The molecule has 4 aromatic rings. The van der Waals surface area contributed by atoms with Gasteiger partial charge >= 0.3 is 12.2 Å². The van der Waals surface area contributed by atoms with E-state index >= 15 is 0 Å². The summed E-state index contributed by atoms with van der Waals surface area (Å²) < 4.78 is 45.8. The van der Waals surface area contributed by atoms with E-state index in [2.05, 4.69) is 35.8 Å². The zero-order valence-corrected chi connectivity index (χ0v) is 24.4. The fraction of sp³-hybridized carbons (Fsp3) is 0.379. The van der Waals surface area contributed by atoms with E-state index in [0.29, 0.717) is 67.7 Å². The normalized spacial score (nSPS) is 16.2. The average Bonchev–Trinajstić information content (AvgIpc) is 3.43. The molecule has 13 nitrogen and oxygen atoms in total. The van der Waals surface area contributed by atoms with Crippen LogP contribution in [0.5, 0.6) is 0 Å². The fourth-order valence-electron chi connectivity index (χ4n) is 5.13. The molecule has 6 rings (SSSR count). The third-order valence-electron chi connectivity index (χ3n) is 7.57. The molecule has 45 heavy (non-hydrogen) atoms. The molecular formula is C29H31F3N10O3. The number of hydrogen-bond donors (Lipinski definition) is 2. The smallest absolute Gasteiger partial charge is 0.378 e. The lowest BCUT2D eigenvalue weighted by Crippen LogP contribution is -2.47. The molecule has 236 valence electrons. The highest BCUT2D eigenvalue weighted by atomic mass is 19.4. The first-order chi connectivity index (χ1) is 21.6. The van der Waals surface area contributed by atoms with Gasteiger partial charge in [0, 0.05) is 61.8 Å². The van der Waals surface area contributed by atoms with Gasteiger partial charge in [-0.3, -0.25) is 4.79 Å². The Kier molecular flexibility index (Phi) is 8.49. The monoisotopic (exact) mass is 624 g/mol. The largest absolute Gasteiger partial charge is 0.408 e. The highest BCUT2D eigenvalue weighted by Crippen LogP contribution is 2.29. The van der Waals surface area contributed by atoms with E-state index in [-0.39, 0.29) is 22.9 Å². The summed E-state index contributed by atoms with van der Waals surface area (Å²) in [7, 11) is 2.03. The van der Waals surface area contributed by atoms with Crippen LogP contribution in [0, 0.1) is 0 Å². The molecule has 0 atom stereocenters. The first-order valence-corrected chi connectivity index (χ1v) is 14.4. The number of nitrogens with one attached hydrogen (secondary N) is 2. The molecule has 2 aromatic heterocycles. The molecule has 0 saturated carbocycles. The van der Waals surface area contributed by atoms with Crippen LogP contribution in [-0.4, -0.2) is 112 Å². The molecule has 0 spiro atoms. The number of urea groups is 1. The molecule has 0 radical (unpaired) electrons. The molecule has 3 amide bonds. The number of fused-ring (bicyclic) bond motifs is 1. The number of carbonyl (C=O) groups excluding carboxylic acids is 2. The number of halogens is 3. The van der Waals surface area contributed by atoms with Crippen LogP contribution in [0.2, 0.25) is 0 Å². The van der Waals surface area contributed by atoms with Crippen molar-refractivity contribution in [3.8, 4) is 11.4 Å². The van der Waals surface area contributed by atoms with Gasteiger partial charge in [-0.1, -0.05) is 5.21 Å². The van der Waals surface area contributed by atoms with Gasteiger partial charge in [0.2, 0.25) is 0 Å². The number of rotatable bonds is 6. The number of ether oxygens (including phenoxy) is 1. The molecule has 2 aliphatic heterocycles. The summed E-state index contributed by atoms with van der Waals surface area (Å²) in [6, 6.07) is 12.8. The molecule has 16 heteroatoms. The van der Waals surface area contributed by atoms with Crippen molar-refractivity contribution in [2.24, 2.45) is 0 Å². The van der Waals surface area contributed by atoms with Gasteiger partial charge in [-0.2, -0.15) is 13.2 Å². The fourth-order valence-corrected chi connectivity index (χ4v) is 5.13. The van der Waals surface area contributed by atoms with Crippen LogP contribution < -0.4 is 15.5 Å². The quantitative estimate of drug-likeness (QED) is 0.332. The number of morpholine rings is 1. The molecule has 0 bridgehead atoms. The molecule has 2 N–H and O–H groups in total. The average molecular weight is 625 g/mol. The summed E-state index contributed by atoms with van der Waals surface area (Å²) in [6.45, 7) is 3.53. The molecule has 4 heterocycles. The van der Waals surface area contributed by atoms with Crippen molar-refractivity contribution in [2.45, 2.75) is 12.7 Å². The second kappa shape index (κ2) is 12.6. The number of amides is 3. The molecule has 2 aliphatic rings. The van der Waals surface area contributed by atoms with Crippen molar-refractivity contribution < 1.29 is 27.5 Å². The molecule has 0 unspecified atom stereocenters. The number of alkyl halides is 3. The van der Waals surface area contributed by atoms with Crippen LogP contribution >= 0.6 is 0 Å². The summed E-state index contributed by atoms with van der Waals surface area (Å²) in [5.74, 6) is 0.530. The number of piperazine rings is 1. The van der Waals surface area contributed by atoms with Crippen LogP contribution in [0.1, 0.15) is 10.4 Å². The third-order valence-corrected chi connectivity index (χ3v) is 7.57. The summed E-state index contributed by atoms with van der Waals surface area (Å²) in [4.78, 5) is 40.3. The number of anilines is 3. The van der Waals surface area contributed by atoms with Gasteiger partial charge in [-0.05, 0) is 55.6 Å². The van der Waals surface area contributed by atoms with E-state index in [4.69, 9.17) is 4.74 Å². The van der Waals surface area contributed by atoms with Gasteiger partial charge in [0.1, 0.15) is 6.54 Å². The van der Waals surface area contributed by atoms with Crippen molar-refractivity contribution in [3.05, 3.63) is 54.1 Å². The Balaban J connectivity index is 1.14. The van der Waals surface area contributed by atoms with Gasteiger partial charge in [-0.15, -0.1) is 5.10 Å². The number of aromatic nitrogens is 5. The first kappa shape index (κ1) is 30.2. The van der Waals surface area contributed by atoms with E-state index in [9.17, 15) is 22.8 Å². The van der Waals surface area contributed by atoms with Crippen molar-refractivity contribution in [1.82, 2.24) is 34.8 Å². The Morgan fingerprint density at radius 3 is 2.11 bits per heavy atom. The van der Waals surface area contributed by atoms with E-state index < -0.39 is 18.8 Å². The number of nitrogens with zero attached hydrogens (tertiary/aromatic N) is 8. The van der Waals surface area contributed by atoms with Crippen LogP contribution in [0.25, 0.3) is 22.6 Å².